The van der Waals surface area contributed by atoms with Crippen molar-refractivity contribution in [3.63, 3.8) is 0 Å². The van der Waals surface area contributed by atoms with Gasteiger partial charge in [-0.3, -0.25) is 0 Å². The van der Waals surface area contributed by atoms with Gasteiger partial charge in [-0.2, -0.15) is 4.31 Å². The number of halogens is 2. The molecule has 0 aliphatic carbocycles. The number of piperazine rings is 1. The standard InChI is InChI=1S/C17H20F2N4O2S/c18-17(19)14-5-6-21-16(11-14)22-7-9-23(10-8-22)26(24,25)15-3-1-13(12-20)2-4-15/h1-6,11,17H,7-10,12,20H2. The molecule has 1 fully saturated rings. The Kier molecular flexibility index (Phi) is 5.49. The highest BCUT2D eigenvalue weighted by molar-refractivity contribution is 7.89. The van der Waals surface area contributed by atoms with E-state index in [1.54, 1.807) is 24.3 Å². The molecule has 0 bridgehead atoms. The Hall–Kier alpha value is -2.10. The predicted octanol–water partition coefficient (Wildman–Crippen LogP) is 1.99. The second-order valence-electron chi connectivity index (χ2n) is 5.99. The van der Waals surface area contributed by atoms with Crippen LogP contribution in [-0.2, 0) is 16.6 Å². The van der Waals surface area contributed by atoms with Crippen molar-refractivity contribution >= 4 is 15.8 Å². The van der Waals surface area contributed by atoms with Crippen LogP contribution in [0.5, 0.6) is 0 Å². The van der Waals surface area contributed by atoms with Crippen molar-refractivity contribution < 1.29 is 17.2 Å². The van der Waals surface area contributed by atoms with Crippen LogP contribution in [0.25, 0.3) is 0 Å². The summed E-state index contributed by atoms with van der Waals surface area (Å²) in [5.41, 5.74) is 6.30. The minimum Gasteiger partial charge on any atom is -0.354 e. The Morgan fingerprint density at radius 1 is 1.08 bits per heavy atom. The highest BCUT2D eigenvalue weighted by atomic mass is 32.2. The third-order valence-electron chi connectivity index (χ3n) is 4.38. The van der Waals surface area contributed by atoms with E-state index in [9.17, 15) is 17.2 Å². The first kappa shape index (κ1) is 18.7. The maximum atomic E-state index is 12.8. The summed E-state index contributed by atoms with van der Waals surface area (Å²) in [6.45, 7) is 1.66. The topological polar surface area (TPSA) is 79.5 Å². The number of nitrogens with two attached hydrogens (primary N) is 1. The van der Waals surface area contributed by atoms with Crippen molar-refractivity contribution in [2.24, 2.45) is 5.73 Å². The van der Waals surface area contributed by atoms with Crippen molar-refractivity contribution in [3.8, 4) is 0 Å². The van der Waals surface area contributed by atoms with E-state index >= 15 is 0 Å². The molecule has 0 saturated carbocycles. The Morgan fingerprint density at radius 2 is 1.73 bits per heavy atom. The number of hydrogen-bond donors (Lipinski definition) is 1. The molecule has 0 amide bonds. The molecule has 0 unspecified atom stereocenters. The van der Waals surface area contributed by atoms with Gasteiger partial charge in [0.2, 0.25) is 10.0 Å². The molecular formula is C17H20F2N4O2S. The lowest BCUT2D eigenvalue weighted by atomic mass is 10.2. The number of benzene rings is 1. The number of hydrogen-bond acceptors (Lipinski definition) is 5. The van der Waals surface area contributed by atoms with Gasteiger partial charge in [0.1, 0.15) is 5.82 Å². The largest absolute Gasteiger partial charge is 0.354 e. The van der Waals surface area contributed by atoms with Crippen molar-refractivity contribution in [2.75, 3.05) is 31.1 Å². The maximum absolute atomic E-state index is 12.8. The highest BCUT2D eigenvalue weighted by Gasteiger charge is 2.29. The average molecular weight is 382 g/mol. The van der Waals surface area contributed by atoms with Crippen molar-refractivity contribution in [2.45, 2.75) is 17.9 Å². The molecule has 1 aromatic heterocycles. The summed E-state index contributed by atoms with van der Waals surface area (Å²) in [5, 5.41) is 0. The van der Waals surface area contributed by atoms with Crippen LogP contribution in [0, 0.1) is 0 Å². The summed E-state index contributed by atoms with van der Waals surface area (Å²) in [6.07, 6.45) is -1.21. The molecule has 9 heteroatoms. The molecule has 2 N–H and O–H groups in total. The fourth-order valence-electron chi connectivity index (χ4n) is 2.85. The molecule has 2 aromatic rings. The number of aromatic nitrogens is 1. The minimum absolute atomic E-state index is 0.0926. The number of nitrogens with zero attached hydrogens (tertiary/aromatic N) is 3. The molecule has 1 aromatic carbocycles. The zero-order chi connectivity index (χ0) is 18.7. The molecule has 0 radical (unpaired) electrons. The van der Waals surface area contributed by atoms with Gasteiger partial charge in [0.15, 0.2) is 0 Å². The summed E-state index contributed by atoms with van der Waals surface area (Å²) in [5.74, 6) is 0.437. The zero-order valence-electron chi connectivity index (χ0n) is 14.1. The van der Waals surface area contributed by atoms with E-state index < -0.39 is 16.4 Å². The lowest BCUT2D eigenvalue weighted by Gasteiger charge is -2.34. The molecule has 1 saturated heterocycles. The summed E-state index contributed by atoms with van der Waals surface area (Å²) in [4.78, 5) is 6.16. The first-order valence-electron chi connectivity index (χ1n) is 8.20. The third-order valence-corrected chi connectivity index (χ3v) is 6.29. The van der Waals surface area contributed by atoms with E-state index in [1.165, 1.54) is 22.6 Å². The van der Waals surface area contributed by atoms with Crippen LogP contribution in [-0.4, -0.2) is 43.9 Å². The molecule has 140 valence electrons. The first-order chi connectivity index (χ1) is 12.4. The summed E-state index contributed by atoms with van der Waals surface area (Å²) in [7, 11) is -3.59. The van der Waals surface area contributed by atoms with Gasteiger partial charge < -0.3 is 10.6 Å². The fourth-order valence-corrected chi connectivity index (χ4v) is 4.27. The van der Waals surface area contributed by atoms with E-state index in [-0.39, 0.29) is 23.5 Å². The number of sulfonamides is 1. The molecule has 2 heterocycles. The SMILES string of the molecule is NCc1ccc(S(=O)(=O)N2CCN(c3cc(C(F)F)ccn3)CC2)cc1. The number of pyridine rings is 1. The van der Waals surface area contributed by atoms with Gasteiger partial charge in [0.25, 0.3) is 6.43 Å². The van der Waals surface area contributed by atoms with E-state index in [0.29, 0.717) is 25.5 Å². The number of alkyl halides is 2. The number of anilines is 1. The molecule has 26 heavy (non-hydrogen) atoms. The molecular weight excluding hydrogens is 362 g/mol. The molecule has 0 spiro atoms. The summed E-state index contributed by atoms with van der Waals surface area (Å²) in [6, 6.07) is 9.13. The quantitative estimate of drug-likeness (QED) is 0.856. The Morgan fingerprint density at radius 3 is 2.31 bits per heavy atom. The minimum atomic E-state index is -3.59. The van der Waals surface area contributed by atoms with Crippen LogP contribution in [0.1, 0.15) is 17.6 Å². The second kappa shape index (κ2) is 7.65. The molecule has 0 atom stereocenters. The summed E-state index contributed by atoms with van der Waals surface area (Å²) >= 11 is 0. The normalized spacial score (nSPS) is 16.2. The van der Waals surface area contributed by atoms with Crippen molar-refractivity contribution in [3.05, 3.63) is 53.7 Å². The van der Waals surface area contributed by atoms with E-state index in [1.807, 2.05) is 4.90 Å². The smallest absolute Gasteiger partial charge is 0.264 e. The third kappa shape index (κ3) is 3.84. The van der Waals surface area contributed by atoms with Crippen molar-refractivity contribution in [1.82, 2.24) is 9.29 Å². The van der Waals surface area contributed by atoms with Gasteiger partial charge in [-0.25, -0.2) is 22.2 Å². The van der Waals surface area contributed by atoms with Crippen LogP contribution in [0.3, 0.4) is 0 Å². The van der Waals surface area contributed by atoms with Gasteiger partial charge in [-0.15, -0.1) is 0 Å². The molecule has 1 aliphatic heterocycles. The average Bonchev–Trinajstić information content (AvgIpc) is 2.68. The van der Waals surface area contributed by atoms with Crippen molar-refractivity contribution in [1.29, 1.82) is 0 Å². The van der Waals surface area contributed by atoms with Gasteiger partial charge >= 0.3 is 0 Å². The summed E-state index contributed by atoms with van der Waals surface area (Å²) < 4.78 is 52.5. The monoisotopic (exact) mass is 382 g/mol. The second-order valence-corrected chi connectivity index (χ2v) is 7.93. The molecule has 1 aliphatic rings. The Labute approximate surface area is 151 Å². The molecule has 3 rings (SSSR count). The van der Waals surface area contributed by atoms with Gasteiger partial charge in [-0.05, 0) is 29.8 Å². The molecule has 6 nitrogen and oxygen atoms in total. The van der Waals surface area contributed by atoms with Gasteiger partial charge in [-0.1, -0.05) is 12.1 Å². The Balaban J connectivity index is 1.70. The fraction of sp³-hybridized carbons (Fsp3) is 0.353. The lowest BCUT2D eigenvalue weighted by Crippen LogP contribution is -2.48. The highest BCUT2D eigenvalue weighted by Crippen LogP contribution is 2.24. The number of rotatable bonds is 5. The zero-order valence-corrected chi connectivity index (χ0v) is 14.9. The van der Waals surface area contributed by atoms with Crippen LogP contribution in [0.4, 0.5) is 14.6 Å². The van der Waals surface area contributed by atoms with Crippen LogP contribution >= 0.6 is 0 Å². The maximum Gasteiger partial charge on any atom is 0.264 e. The van der Waals surface area contributed by atoms with E-state index in [2.05, 4.69) is 4.98 Å². The lowest BCUT2D eigenvalue weighted by molar-refractivity contribution is 0.151. The van der Waals surface area contributed by atoms with Crippen LogP contribution in [0.15, 0.2) is 47.5 Å². The first-order valence-corrected chi connectivity index (χ1v) is 9.64. The van der Waals surface area contributed by atoms with Gasteiger partial charge in [0.05, 0.1) is 4.90 Å². The predicted molar refractivity (Wildman–Crippen MR) is 94.5 cm³/mol. The Bertz CT molecular complexity index is 851. The van der Waals surface area contributed by atoms with Crippen LogP contribution in [0.2, 0.25) is 0 Å². The van der Waals surface area contributed by atoms with Crippen LogP contribution < -0.4 is 10.6 Å². The van der Waals surface area contributed by atoms with E-state index in [0.717, 1.165) is 5.56 Å². The van der Waals surface area contributed by atoms with E-state index in [4.69, 9.17) is 5.73 Å². The van der Waals surface area contributed by atoms with Gasteiger partial charge in [0, 0.05) is 44.5 Å².